The van der Waals surface area contributed by atoms with Crippen LogP contribution < -0.4 is 5.32 Å². The number of hydrogen-bond acceptors (Lipinski definition) is 5. The number of morpholine rings is 1. The molecule has 0 aliphatic carbocycles. The zero-order valence-electron chi connectivity index (χ0n) is 15.3. The van der Waals surface area contributed by atoms with Gasteiger partial charge in [-0.1, -0.05) is 30.3 Å². The number of carbonyl (C=O) groups is 1. The monoisotopic (exact) mass is 357 g/mol. The van der Waals surface area contributed by atoms with E-state index in [9.17, 15) is 4.79 Å². The number of benzene rings is 1. The Hall–Kier alpha value is -2.25. The Morgan fingerprint density at radius 3 is 3.00 bits per heavy atom. The molecule has 1 aliphatic rings. The number of nitrogens with zero attached hydrogens (tertiary/aromatic N) is 4. The average Bonchev–Trinajstić information content (AvgIpc) is 3.10. The fourth-order valence-electron chi connectivity index (χ4n) is 3.22. The summed E-state index contributed by atoms with van der Waals surface area (Å²) >= 11 is 0. The van der Waals surface area contributed by atoms with Crippen LogP contribution in [-0.2, 0) is 29.0 Å². The van der Waals surface area contributed by atoms with Crippen molar-refractivity contribution in [1.82, 2.24) is 25.0 Å². The second-order valence-corrected chi connectivity index (χ2v) is 6.55. The van der Waals surface area contributed by atoms with Gasteiger partial charge in [-0.3, -0.25) is 9.69 Å². The molecule has 2 aromatic rings. The topological polar surface area (TPSA) is 72.3 Å². The third kappa shape index (κ3) is 5.37. The van der Waals surface area contributed by atoms with Gasteiger partial charge in [0.1, 0.15) is 12.2 Å². The lowest BCUT2D eigenvalue weighted by atomic mass is 10.1. The highest BCUT2D eigenvalue weighted by atomic mass is 16.5. The number of amides is 1. The molecule has 3 rings (SSSR count). The molecule has 1 aromatic carbocycles. The van der Waals surface area contributed by atoms with Gasteiger partial charge in [0.15, 0.2) is 0 Å². The third-order valence-corrected chi connectivity index (χ3v) is 4.59. The normalized spacial score (nSPS) is 18.0. The fourth-order valence-corrected chi connectivity index (χ4v) is 3.22. The maximum atomic E-state index is 12.2. The highest BCUT2D eigenvalue weighted by Gasteiger charge is 2.22. The van der Waals surface area contributed by atoms with Crippen molar-refractivity contribution in [1.29, 1.82) is 0 Å². The van der Waals surface area contributed by atoms with Crippen LogP contribution >= 0.6 is 0 Å². The van der Waals surface area contributed by atoms with Crippen molar-refractivity contribution >= 4 is 5.91 Å². The Labute approximate surface area is 154 Å². The maximum Gasteiger partial charge on any atom is 0.222 e. The lowest BCUT2D eigenvalue weighted by Crippen LogP contribution is -2.44. The molecule has 1 N–H and O–H groups in total. The van der Waals surface area contributed by atoms with E-state index in [1.165, 1.54) is 5.56 Å². The molecule has 2 heterocycles. The van der Waals surface area contributed by atoms with Crippen LogP contribution in [0.15, 0.2) is 36.7 Å². The smallest absolute Gasteiger partial charge is 0.222 e. The number of nitrogens with one attached hydrogen (secondary N) is 1. The number of rotatable bonds is 8. The summed E-state index contributed by atoms with van der Waals surface area (Å²) in [6, 6.07) is 10.4. The van der Waals surface area contributed by atoms with Crippen LogP contribution in [-0.4, -0.2) is 57.9 Å². The first-order valence-electron chi connectivity index (χ1n) is 9.26. The maximum absolute atomic E-state index is 12.2. The minimum Gasteiger partial charge on any atom is -0.375 e. The Morgan fingerprint density at radius 1 is 1.35 bits per heavy atom. The van der Waals surface area contributed by atoms with E-state index < -0.39 is 0 Å². The minimum absolute atomic E-state index is 0.0270. The van der Waals surface area contributed by atoms with E-state index in [0.717, 1.165) is 32.0 Å². The summed E-state index contributed by atoms with van der Waals surface area (Å²) in [5, 5.41) is 10.9. The van der Waals surface area contributed by atoms with Gasteiger partial charge in [-0.05, 0) is 12.5 Å². The molecule has 7 nitrogen and oxygen atoms in total. The van der Waals surface area contributed by atoms with Crippen molar-refractivity contribution in [3.63, 3.8) is 0 Å². The van der Waals surface area contributed by atoms with Gasteiger partial charge >= 0.3 is 0 Å². The van der Waals surface area contributed by atoms with Crippen molar-refractivity contribution < 1.29 is 9.53 Å². The highest BCUT2D eigenvalue weighted by molar-refractivity contribution is 5.76. The minimum atomic E-state index is -0.0493. The molecule has 1 saturated heterocycles. The van der Waals surface area contributed by atoms with Crippen LogP contribution in [0.1, 0.15) is 24.7 Å². The lowest BCUT2D eigenvalue weighted by Gasteiger charge is -2.32. The van der Waals surface area contributed by atoms with E-state index in [4.69, 9.17) is 4.74 Å². The number of ether oxygens (including phenoxy) is 1. The van der Waals surface area contributed by atoms with Crippen LogP contribution in [0.25, 0.3) is 0 Å². The van der Waals surface area contributed by atoms with E-state index in [0.29, 0.717) is 26.0 Å². The van der Waals surface area contributed by atoms with Gasteiger partial charge in [0.25, 0.3) is 0 Å². The molecule has 0 saturated carbocycles. The Kier molecular flexibility index (Phi) is 6.74. The third-order valence-electron chi connectivity index (χ3n) is 4.59. The molecule has 1 atom stereocenters. The molecule has 0 bridgehead atoms. The summed E-state index contributed by atoms with van der Waals surface area (Å²) < 4.78 is 7.76. The first-order chi connectivity index (χ1) is 12.7. The molecule has 1 fully saturated rings. The van der Waals surface area contributed by atoms with Gasteiger partial charge in [0, 0.05) is 39.1 Å². The zero-order valence-corrected chi connectivity index (χ0v) is 15.3. The summed E-state index contributed by atoms with van der Waals surface area (Å²) in [5.74, 6) is 0.926. The molecule has 1 amide bonds. The number of aryl methyl sites for hydroxylation is 1. The molecule has 7 heteroatoms. The van der Waals surface area contributed by atoms with Gasteiger partial charge in [0.2, 0.25) is 5.91 Å². The van der Waals surface area contributed by atoms with Crippen molar-refractivity contribution in [3.05, 3.63) is 48.0 Å². The quantitative estimate of drug-likeness (QED) is 0.770. The van der Waals surface area contributed by atoms with Crippen LogP contribution in [0, 0.1) is 0 Å². The molecule has 1 aliphatic heterocycles. The summed E-state index contributed by atoms with van der Waals surface area (Å²) in [6.07, 6.45) is 2.75. The molecule has 0 spiro atoms. The van der Waals surface area contributed by atoms with Gasteiger partial charge in [-0.15, -0.1) is 10.2 Å². The van der Waals surface area contributed by atoms with E-state index in [1.54, 1.807) is 6.33 Å². The Bertz CT molecular complexity index is 688. The molecule has 0 radical (unpaired) electrons. The van der Waals surface area contributed by atoms with Crippen LogP contribution in [0.4, 0.5) is 0 Å². The Morgan fingerprint density at radius 2 is 2.19 bits per heavy atom. The number of aromatic nitrogens is 3. The first kappa shape index (κ1) is 18.5. The van der Waals surface area contributed by atoms with E-state index in [-0.39, 0.29) is 12.0 Å². The van der Waals surface area contributed by atoms with Crippen LogP contribution in [0.2, 0.25) is 0 Å². The van der Waals surface area contributed by atoms with Gasteiger partial charge < -0.3 is 14.6 Å². The van der Waals surface area contributed by atoms with E-state index in [1.807, 2.05) is 17.6 Å². The van der Waals surface area contributed by atoms with Crippen LogP contribution in [0.5, 0.6) is 0 Å². The Balaban J connectivity index is 1.39. The van der Waals surface area contributed by atoms with Crippen LogP contribution in [0.3, 0.4) is 0 Å². The van der Waals surface area contributed by atoms with Gasteiger partial charge in [0.05, 0.1) is 19.1 Å². The average molecular weight is 357 g/mol. The SMILES string of the molecule is CCn1cnnc1CCNC(=O)C[C@@H]1CN(Cc2ccccc2)CCO1. The van der Waals surface area contributed by atoms with E-state index >= 15 is 0 Å². The van der Waals surface area contributed by atoms with Crippen molar-refractivity contribution in [3.8, 4) is 0 Å². The second-order valence-electron chi connectivity index (χ2n) is 6.55. The molecular formula is C19H27N5O2. The highest BCUT2D eigenvalue weighted by Crippen LogP contribution is 2.12. The second kappa shape index (κ2) is 9.45. The van der Waals surface area contributed by atoms with Gasteiger partial charge in [-0.25, -0.2) is 0 Å². The standard InChI is InChI=1S/C19H27N5O2/c1-2-24-15-21-22-18(24)8-9-20-19(25)12-17-14-23(10-11-26-17)13-16-6-4-3-5-7-16/h3-7,15,17H,2,8-14H2,1H3,(H,20,25)/t17-/m1/s1. The first-order valence-corrected chi connectivity index (χ1v) is 9.26. The van der Waals surface area contributed by atoms with E-state index in [2.05, 4.69) is 44.7 Å². The summed E-state index contributed by atoms with van der Waals surface area (Å²) in [7, 11) is 0. The molecule has 0 unspecified atom stereocenters. The van der Waals surface area contributed by atoms with Gasteiger partial charge in [-0.2, -0.15) is 0 Å². The van der Waals surface area contributed by atoms with Crippen molar-refractivity contribution in [2.75, 3.05) is 26.2 Å². The van der Waals surface area contributed by atoms with Crippen molar-refractivity contribution in [2.24, 2.45) is 0 Å². The molecule has 26 heavy (non-hydrogen) atoms. The zero-order chi connectivity index (χ0) is 18.2. The summed E-state index contributed by atoms with van der Waals surface area (Å²) in [6.45, 7) is 6.71. The summed E-state index contributed by atoms with van der Waals surface area (Å²) in [4.78, 5) is 14.6. The molecule has 140 valence electrons. The largest absolute Gasteiger partial charge is 0.375 e. The number of hydrogen-bond donors (Lipinski definition) is 1. The molecule has 1 aromatic heterocycles. The fraction of sp³-hybridized carbons (Fsp3) is 0.526. The van der Waals surface area contributed by atoms with Crippen molar-refractivity contribution in [2.45, 2.75) is 39.0 Å². The number of carbonyl (C=O) groups excluding carboxylic acids is 1. The predicted molar refractivity (Wildman–Crippen MR) is 98.5 cm³/mol. The lowest BCUT2D eigenvalue weighted by molar-refractivity contribution is -0.126. The predicted octanol–water partition coefficient (Wildman–Crippen LogP) is 1.25. The molecular weight excluding hydrogens is 330 g/mol. The summed E-state index contributed by atoms with van der Waals surface area (Å²) in [5.41, 5.74) is 1.29.